The second-order valence-electron chi connectivity index (χ2n) is 4.93. The monoisotopic (exact) mass is 254 g/mol. The zero-order valence-electron chi connectivity index (χ0n) is 11.4. The lowest BCUT2D eigenvalue weighted by Crippen LogP contribution is -2.39. The fourth-order valence-corrected chi connectivity index (χ4v) is 2.21. The standard InChI is InChI=1S/C17H22N2/c1-14(16-10-6-3-7-11-16)19-17(18)13-12-15-8-4-2-5-9-15/h2-11,14,17,19H,12-13,18H2,1H3. The molecule has 0 saturated carbocycles. The van der Waals surface area contributed by atoms with E-state index in [4.69, 9.17) is 5.73 Å². The van der Waals surface area contributed by atoms with E-state index in [9.17, 15) is 0 Å². The third-order valence-corrected chi connectivity index (χ3v) is 3.35. The van der Waals surface area contributed by atoms with Crippen LogP contribution in [0.3, 0.4) is 0 Å². The molecule has 0 aliphatic carbocycles. The van der Waals surface area contributed by atoms with Gasteiger partial charge in [0.2, 0.25) is 0 Å². The van der Waals surface area contributed by atoms with Crippen LogP contribution < -0.4 is 11.1 Å². The van der Waals surface area contributed by atoms with Crippen LogP contribution >= 0.6 is 0 Å². The topological polar surface area (TPSA) is 38.0 Å². The molecule has 0 fully saturated rings. The molecule has 2 unspecified atom stereocenters. The zero-order chi connectivity index (χ0) is 13.5. The molecule has 2 atom stereocenters. The molecular formula is C17H22N2. The summed E-state index contributed by atoms with van der Waals surface area (Å²) < 4.78 is 0. The van der Waals surface area contributed by atoms with Gasteiger partial charge in [-0.05, 0) is 30.9 Å². The lowest BCUT2D eigenvalue weighted by Gasteiger charge is -2.20. The van der Waals surface area contributed by atoms with Crippen molar-refractivity contribution in [2.24, 2.45) is 5.73 Å². The van der Waals surface area contributed by atoms with E-state index in [0.717, 1.165) is 12.8 Å². The number of hydrogen-bond donors (Lipinski definition) is 2. The van der Waals surface area contributed by atoms with E-state index in [1.165, 1.54) is 11.1 Å². The van der Waals surface area contributed by atoms with E-state index in [2.05, 4.69) is 60.8 Å². The second kappa shape index (κ2) is 7.07. The van der Waals surface area contributed by atoms with Crippen LogP contribution in [-0.2, 0) is 6.42 Å². The number of nitrogens with one attached hydrogen (secondary N) is 1. The van der Waals surface area contributed by atoms with Gasteiger partial charge in [-0.25, -0.2) is 0 Å². The molecule has 2 aromatic carbocycles. The molecule has 0 heterocycles. The van der Waals surface area contributed by atoms with Crippen molar-refractivity contribution < 1.29 is 0 Å². The van der Waals surface area contributed by atoms with Gasteiger partial charge in [0.25, 0.3) is 0 Å². The largest absolute Gasteiger partial charge is 0.316 e. The maximum absolute atomic E-state index is 6.15. The van der Waals surface area contributed by atoms with E-state index in [1.54, 1.807) is 0 Å². The molecule has 2 nitrogen and oxygen atoms in total. The summed E-state index contributed by atoms with van der Waals surface area (Å²) in [6.07, 6.45) is 1.98. The Kier molecular flexibility index (Phi) is 5.13. The highest BCUT2D eigenvalue weighted by Gasteiger charge is 2.09. The fraction of sp³-hybridized carbons (Fsp3) is 0.294. The number of hydrogen-bond acceptors (Lipinski definition) is 2. The third-order valence-electron chi connectivity index (χ3n) is 3.35. The first kappa shape index (κ1) is 13.8. The van der Waals surface area contributed by atoms with Crippen molar-refractivity contribution in [1.29, 1.82) is 0 Å². The summed E-state index contributed by atoms with van der Waals surface area (Å²) >= 11 is 0. The first-order chi connectivity index (χ1) is 9.25. The van der Waals surface area contributed by atoms with Gasteiger partial charge < -0.3 is 5.73 Å². The highest BCUT2D eigenvalue weighted by molar-refractivity contribution is 5.18. The molecule has 0 amide bonds. The van der Waals surface area contributed by atoms with Crippen LogP contribution in [0.5, 0.6) is 0 Å². The van der Waals surface area contributed by atoms with Gasteiger partial charge in [0.15, 0.2) is 0 Å². The molecule has 0 bridgehead atoms. The summed E-state index contributed by atoms with van der Waals surface area (Å²) in [7, 11) is 0. The van der Waals surface area contributed by atoms with Gasteiger partial charge in [-0.3, -0.25) is 5.32 Å². The van der Waals surface area contributed by atoms with Crippen molar-refractivity contribution in [3.05, 3.63) is 71.8 Å². The lowest BCUT2D eigenvalue weighted by atomic mass is 10.1. The first-order valence-electron chi connectivity index (χ1n) is 6.86. The molecule has 0 saturated heterocycles. The van der Waals surface area contributed by atoms with Crippen molar-refractivity contribution in [2.45, 2.75) is 32.0 Å². The van der Waals surface area contributed by atoms with Gasteiger partial charge in [-0.1, -0.05) is 60.7 Å². The molecule has 2 rings (SSSR count). The molecule has 0 aliphatic rings. The molecular weight excluding hydrogens is 232 g/mol. The van der Waals surface area contributed by atoms with E-state index >= 15 is 0 Å². The van der Waals surface area contributed by atoms with Gasteiger partial charge in [-0.15, -0.1) is 0 Å². The smallest absolute Gasteiger partial charge is 0.0554 e. The normalized spacial score (nSPS) is 14.0. The van der Waals surface area contributed by atoms with Crippen molar-refractivity contribution in [2.75, 3.05) is 0 Å². The average molecular weight is 254 g/mol. The van der Waals surface area contributed by atoms with Crippen LogP contribution in [0.25, 0.3) is 0 Å². The van der Waals surface area contributed by atoms with Crippen molar-refractivity contribution >= 4 is 0 Å². The Morgan fingerprint density at radius 1 is 0.947 bits per heavy atom. The fourth-order valence-electron chi connectivity index (χ4n) is 2.21. The number of aryl methyl sites for hydroxylation is 1. The van der Waals surface area contributed by atoms with Crippen LogP contribution in [0.15, 0.2) is 60.7 Å². The maximum Gasteiger partial charge on any atom is 0.0554 e. The molecule has 2 aromatic rings. The molecule has 2 heteroatoms. The Bertz CT molecular complexity index is 467. The molecule has 0 radical (unpaired) electrons. The van der Waals surface area contributed by atoms with E-state index in [-0.39, 0.29) is 12.2 Å². The van der Waals surface area contributed by atoms with Crippen molar-refractivity contribution in [1.82, 2.24) is 5.32 Å². The predicted octanol–water partition coefficient (Wildman–Crippen LogP) is 3.25. The van der Waals surface area contributed by atoms with E-state index < -0.39 is 0 Å². The number of nitrogens with two attached hydrogens (primary N) is 1. The third kappa shape index (κ3) is 4.51. The minimum atomic E-state index is 0.0235. The lowest BCUT2D eigenvalue weighted by molar-refractivity contribution is 0.441. The summed E-state index contributed by atoms with van der Waals surface area (Å²) in [5.74, 6) is 0. The van der Waals surface area contributed by atoms with Crippen molar-refractivity contribution in [3.63, 3.8) is 0 Å². The van der Waals surface area contributed by atoms with E-state index in [0.29, 0.717) is 0 Å². The van der Waals surface area contributed by atoms with Crippen LogP contribution in [0, 0.1) is 0 Å². The Labute approximate surface area is 115 Å². The molecule has 100 valence electrons. The summed E-state index contributed by atoms with van der Waals surface area (Å²) in [5, 5.41) is 3.44. The van der Waals surface area contributed by atoms with Gasteiger partial charge in [0, 0.05) is 6.04 Å². The maximum atomic E-state index is 6.15. The Morgan fingerprint density at radius 3 is 2.16 bits per heavy atom. The summed E-state index contributed by atoms with van der Waals surface area (Å²) in [5.41, 5.74) is 8.76. The highest BCUT2D eigenvalue weighted by atomic mass is 15.0. The minimum absolute atomic E-state index is 0.0235. The quantitative estimate of drug-likeness (QED) is 0.777. The summed E-state index contributed by atoms with van der Waals surface area (Å²) in [4.78, 5) is 0. The molecule has 0 spiro atoms. The Balaban J connectivity index is 1.80. The number of benzene rings is 2. The van der Waals surface area contributed by atoms with E-state index in [1.807, 2.05) is 12.1 Å². The SMILES string of the molecule is CC(NC(N)CCc1ccccc1)c1ccccc1. The average Bonchev–Trinajstić information content (AvgIpc) is 2.47. The van der Waals surface area contributed by atoms with Gasteiger partial charge >= 0.3 is 0 Å². The van der Waals surface area contributed by atoms with Crippen LogP contribution in [0.4, 0.5) is 0 Å². The molecule has 19 heavy (non-hydrogen) atoms. The van der Waals surface area contributed by atoms with Gasteiger partial charge in [0.05, 0.1) is 6.17 Å². The summed E-state index contributed by atoms with van der Waals surface area (Å²) in [6, 6.07) is 21.2. The second-order valence-corrected chi connectivity index (χ2v) is 4.93. The van der Waals surface area contributed by atoms with Crippen LogP contribution in [0.2, 0.25) is 0 Å². The number of rotatable bonds is 6. The van der Waals surface area contributed by atoms with Gasteiger partial charge in [-0.2, -0.15) is 0 Å². The minimum Gasteiger partial charge on any atom is -0.316 e. The van der Waals surface area contributed by atoms with Crippen LogP contribution in [-0.4, -0.2) is 6.17 Å². The van der Waals surface area contributed by atoms with Crippen molar-refractivity contribution in [3.8, 4) is 0 Å². The molecule has 0 aliphatic heterocycles. The summed E-state index contributed by atoms with van der Waals surface area (Å²) in [6.45, 7) is 2.15. The Hall–Kier alpha value is -1.64. The predicted molar refractivity (Wildman–Crippen MR) is 80.7 cm³/mol. The Morgan fingerprint density at radius 2 is 1.53 bits per heavy atom. The van der Waals surface area contributed by atoms with Gasteiger partial charge in [0.1, 0.15) is 0 Å². The zero-order valence-corrected chi connectivity index (χ0v) is 11.4. The van der Waals surface area contributed by atoms with Crippen LogP contribution in [0.1, 0.15) is 30.5 Å². The first-order valence-corrected chi connectivity index (χ1v) is 6.86. The molecule has 0 aromatic heterocycles. The highest BCUT2D eigenvalue weighted by Crippen LogP contribution is 2.12. The molecule has 3 N–H and O–H groups in total.